The number of hydrogen-bond acceptors (Lipinski definition) is 3. The lowest BCUT2D eigenvalue weighted by molar-refractivity contribution is 0.550. The van der Waals surface area contributed by atoms with Crippen LogP contribution in [0.25, 0.3) is 5.65 Å². The minimum Gasteiger partial charge on any atom is -0.305 e. The largest absolute Gasteiger partial charge is 0.308 e. The van der Waals surface area contributed by atoms with E-state index in [9.17, 15) is 12.3 Å². The minimum atomic E-state index is -4.54. The van der Waals surface area contributed by atoms with Crippen LogP contribution in [0, 0.1) is 0 Å². The summed E-state index contributed by atoms with van der Waals surface area (Å²) in [6.45, 7) is 0. The van der Waals surface area contributed by atoms with Crippen LogP contribution >= 0.6 is 11.6 Å². The van der Waals surface area contributed by atoms with Crippen LogP contribution in [0.3, 0.4) is 0 Å². The zero-order chi connectivity index (χ0) is 11.1. The maximum Gasteiger partial charge on any atom is 0.308 e. The van der Waals surface area contributed by atoms with Gasteiger partial charge >= 0.3 is 10.2 Å². The Morgan fingerprint density at radius 2 is 2.13 bits per heavy atom. The van der Waals surface area contributed by atoms with Crippen molar-refractivity contribution in [1.82, 2.24) is 9.38 Å². The Morgan fingerprint density at radius 1 is 1.40 bits per heavy atom. The molecule has 0 atom stereocenters. The standard InChI is InChI=1S/C8H6ClFN2O2S/c9-6-1-2-8-11-7(4-12(8)3-6)5-15(10,13)14/h1-4H,5H2. The molecule has 0 N–H and O–H groups in total. The molecule has 7 heteroatoms. The first kappa shape index (κ1) is 10.4. The highest BCUT2D eigenvalue weighted by Crippen LogP contribution is 2.13. The van der Waals surface area contributed by atoms with E-state index < -0.39 is 16.0 Å². The average molecular weight is 249 g/mol. The third-order valence-corrected chi connectivity index (χ3v) is 2.65. The summed E-state index contributed by atoms with van der Waals surface area (Å²) >= 11 is 5.72. The van der Waals surface area contributed by atoms with Gasteiger partial charge in [-0.1, -0.05) is 11.6 Å². The zero-order valence-electron chi connectivity index (χ0n) is 7.39. The van der Waals surface area contributed by atoms with Gasteiger partial charge in [0, 0.05) is 12.4 Å². The van der Waals surface area contributed by atoms with Crippen molar-refractivity contribution in [1.29, 1.82) is 0 Å². The molecule has 0 amide bonds. The minimum absolute atomic E-state index is 0.153. The van der Waals surface area contributed by atoms with Gasteiger partial charge in [0.15, 0.2) is 0 Å². The Balaban J connectivity index is 2.48. The van der Waals surface area contributed by atoms with Gasteiger partial charge in [-0.3, -0.25) is 0 Å². The number of halogens is 2. The number of rotatable bonds is 2. The summed E-state index contributed by atoms with van der Waals surface area (Å²) in [6, 6.07) is 3.24. The van der Waals surface area contributed by atoms with E-state index in [0.717, 1.165) is 0 Å². The van der Waals surface area contributed by atoms with E-state index in [1.165, 1.54) is 6.20 Å². The Morgan fingerprint density at radius 3 is 2.80 bits per heavy atom. The lowest BCUT2D eigenvalue weighted by atomic mass is 10.5. The quantitative estimate of drug-likeness (QED) is 0.762. The highest BCUT2D eigenvalue weighted by atomic mass is 35.5. The van der Waals surface area contributed by atoms with Crippen LogP contribution in [0.5, 0.6) is 0 Å². The maximum atomic E-state index is 12.4. The van der Waals surface area contributed by atoms with Crippen molar-refractivity contribution >= 4 is 27.5 Å². The summed E-state index contributed by atoms with van der Waals surface area (Å²) < 4.78 is 34.7. The van der Waals surface area contributed by atoms with Gasteiger partial charge in [-0.2, -0.15) is 8.42 Å². The molecule has 2 aromatic heterocycles. The molecular weight excluding hydrogens is 243 g/mol. The number of nitrogens with zero attached hydrogens (tertiary/aromatic N) is 2. The van der Waals surface area contributed by atoms with Gasteiger partial charge in [-0.15, -0.1) is 3.89 Å². The van der Waals surface area contributed by atoms with E-state index in [1.807, 2.05) is 0 Å². The molecule has 0 aromatic carbocycles. The molecule has 2 heterocycles. The highest BCUT2D eigenvalue weighted by molar-refractivity contribution is 7.85. The van der Waals surface area contributed by atoms with E-state index in [2.05, 4.69) is 4.98 Å². The van der Waals surface area contributed by atoms with Crippen molar-refractivity contribution in [3.8, 4) is 0 Å². The Hall–Kier alpha value is -1.14. The fourth-order valence-corrected chi connectivity index (χ4v) is 1.92. The van der Waals surface area contributed by atoms with Crippen molar-refractivity contribution in [2.45, 2.75) is 5.75 Å². The number of imidazole rings is 1. The molecule has 0 saturated carbocycles. The molecule has 0 radical (unpaired) electrons. The summed E-state index contributed by atoms with van der Waals surface area (Å²) in [5.41, 5.74) is 0.679. The van der Waals surface area contributed by atoms with Gasteiger partial charge in [0.25, 0.3) is 0 Å². The molecule has 80 valence electrons. The first-order valence-corrected chi connectivity index (χ1v) is 5.92. The smallest absolute Gasteiger partial charge is 0.305 e. The zero-order valence-corrected chi connectivity index (χ0v) is 8.96. The number of fused-ring (bicyclic) bond motifs is 1. The summed E-state index contributed by atoms with van der Waals surface area (Å²) in [5.74, 6) is -0.716. The molecule has 0 aliphatic carbocycles. The Kier molecular flexibility index (Phi) is 2.40. The summed E-state index contributed by atoms with van der Waals surface area (Å²) in [4.78, 5) is 3.92. The van der Waals surface area contributed by atoms with Crippen LogP contribution in [-0.2, 0) is 16.0 Å². The molecule has 0 aliphatic rings. The van der Waals surface area contributed by atoms with Crippen molar-refractivity contribution in [2.75, 3.05) is 0 Å². The second kappa shape index (κ2) is 3.46. The van der Waals surface area contributed by atoms with Gasteiger partial charge in [0.1, 0.15) is 11.4 Å². The Labute approximate surface area is 90.5 Å². The lowest BCUT2D eigenvalue weighted by Gasteiger charge is -1.91. The average Bonchev–Trinajstić information content (AvgIpc) is 2.42. The molecule has 15 heavy (non-hydrogen) atoms. The number of aromatic nitrogens is 2. The van der Waals surface area contributed by atoms with E-state index in [1.54, 1.807) is 22.7 Å². The van der Waals surface area contributed by atoms with Crippen LogP contribution in [0.4, 0.5) is 3.89 Å². The van der Waals surface area contributed by atoms with Crippen LogP contribution in [0.1, 0.15) is 5.69 Å². The van der Waals surface area contributed by atoms with Crippen LogP contribution < -0.4 is 0 Å². The molecule has 0 saturated heterocycles. The molecular formula is C8H6ClFN2O2S. The molecule has 0 unspecified atom stereocenters. The van der Waals surface area contributed by atoms with Crippen molar-refractivity contribution < 1.29 is 12.3 Å². The number of hydrogen-bond donors (Lipinski definition) is 0. The first-order chi connectivity index (χ1) is 6.94. The van der Waals surface area contributed by atoms with Crippen molar-refractivity contribution in [3.05, 3.63) is 35.2 Å². The van der Waals surface area contributed by atoms with Crippen molar-refractivity contribution in [2.24, 2.45) is 0 Å². The summed E-state index contributed by atoms with van der Waals surface area (Å²) in [5, 5.41) is 0.495. The molecule has 0 spiro atoms. The highest BCUT2D eigenvalue weighted by Gasteiger charge is 2.12. The Bertz CT molecular complexity index is 608. The summed E-state index contributed by atoms with van der Waals surface area (Å²) in [7, 11) is -4.54. The van der Waals surface area contributed by atoms with Gasteiger partial charge in [-0.05, 0) is 12.1 Å². The van der Waals surface area contributed by atoms with Crippen LogP contribution in [-0.4, -0.2) is 17.8 Å². The molecule has 0 bridgehead atoms. The third-order valence-electron chi connectivity index (χ3n) is 1.79. The molecule has 0 aliphatic heterocycles. The fourth-order valence-electron chi connectivity index (χ4n) is 1.26. The van der Waals surface area contributed by atoms with Gasteiger partial charge in [0.2, 0.25) is 0 Å². The predicted molar refractivity (Wildman–Crippen MR) is 53.9 cm³/mol. The predicted octanol–water partition coefficient (Wildman–Crippen LogP) is 1.79. The maximum absolute atomic E-state index is 12.4. The van der Waals surface area contributed by atoms with Crippen molar-refractivity contribution in [3.63, 3.8) is 0 Å². The van der Waals surface area contributed by atoms with Gasteiger partial charge in [0.05, 0.1) is 10.7 Å². The fraction of sp³-hybridized carbons (Fsp3) is 0.125. The topological polar surface area (TPSA) is 51.4 Å². The van der Waals surface area contributed by atoms with E-state index in [-0.39, 0.29) is 5.69 Å². The molecule has 2 aromatic rings. The monoisotopic (exact) mass is 248 g/mol. The molecule has 2 rings (SSSR count). The lowest BCUT2D eigenvalue weighted by Crippen LogP contribution is -1.95. The second-order valence-electron chi connectivity index (χ2n) is 3.03. The van der Waals surface area contributed by atoms with Gasteiger partial charge in [-0.25, -0.2) is 4.98 Å². The normalized spacial score (nSPS) is 12.1. The van der Waals surface area contributed by atoms with E-state index in [4.69, 9.17) is 11.6 Å². The first-order valence-electron chi connectivity index (χ1n) is 3.99. The number of pyridine rings is 1. The van der Waals surface area contributed by atoms with Crippen LogP contribution in [0.15, 0.2) is 24.5 Å². The van der Waals surface area contributed by atoms with Crippen LogP contribution in [0.2, 0.25) is 5.02 Å². The van der Waals surface area contributed by atoms with E-state index >= 15 is 0 Å². The van der Waals surface area contributed by atoms with Gasteiger partial charge < -0.3 is 4.40 Å². The van der Waals surface area contributed by atoms with E-state index in [0.29, 0.717) is 10.7 Å². The third kappa shape index (κ3) is 2.45. The molecule has 0 fully saturated rings. The SMILES string of the molecule is O=S(=O)(F)Cc1cn2cc(Cl)ccc2n1. The summed E-state index contributed by atoms with van der Waals surface area (Å²) in [6.07, 6.45) is 3.00. The molecule has 4 nitrogen and oxygen atoms in total. The second-order valence-corrected chi connectivity index (χ2v) is 4.83.